The molecule has 0 saturated heterocycles. The van der Waals surface area contributed by atoms with E-state index in [1.807, 2.05) is 7.05 Å². The van der Waals surface area contributed by atoms with Crippen LogP contribution >= 0.6 is 11.3 Å². The van der Waals surface area contributed by atoms with E-state index in [1.54, 1.807) is 16.3 Å². The molecule has 0 aromatic carbocycles. The van der Waals surface area contributed by atoms with Gasteiger partial charge >= 0.3 is 0 Å². The van der Waals surface area contributed by atoms with Crippen molar-refractivity contribution in [2.24, 2.45) is 12.8 Å². The highest BCUT2D eigenvalue weighted by Gasteiger charge is 2.12. The lowest BCUT2D eigenvalue weighted by Gasteiger charge is -1.86. The largest absolute Gasteiger partial charge is 0.366 e. The molecule has 0 saturated carbocycles. The highest BCUT2D eigenvalue weighted by Crippen LogP contribution is 2.22. The number of primary amides is 1. The molecule has 4 nitrogen and oxygen atoms in total. The maximum atomic E-state index is 10.9. The van der Waals surface area contributed by atoms with Crippen LogP contribution in [-0.2, 0) is 7.05 Å². The Morgan fingerprint density at radius 1 is 1.75 bits per heavy atom. The first-order valence-corrected chi connectivity index (χ1v) is 4.26. The molecule has 0 radical (unpaired) electrons. The number of hydrogen-bond donors (Lipinski definition) is 1. The van der Waals surface area contributed by atoms with E-state index >= 15 is 0 Å². The number of fused-ring (bicyclic) bond motifs is 1. The molecule has 0 aliphatic rings. The molecule has 2 aromatic heterocycles. The average molecular weight is 181 g/mol. The van der Waals surface area contributed by atoms with Gasteiger partial charge in [-0.2, -0.15) is 0 Å². The minimum Gasteiger partial charge on any atom is -0.366 e. The molecular formula is C7H7N3OS. The smallest absolute Gasteiger partial charge is 0.251 e. The zero-order valence-corrected chi connectivity index (χ0v) is 7.26. The summed E-state index contributed by atoms with van der Waals surface area (Å²) in [5, 5.41) is 0. The van der Waals surface area contributed by atoms with Crippen molar-refractivity contribution >= 4 is 27.6 Å². The van der Waals surface area contributed by atoms with Gasteiger partial charge < -0.3 is 10.3 Å². The van der Waals surface area contributed by atoms with Gasteiger partial charge in [0.05, 0.1) is 15.8 Å². The molecule has 0 bridgehead atoms. The fraction of sp³-hybridized carbons (Fsp3) is 0.143. The predicted octanol–water partition coefficient (Wildman–Crippen LogP) is 0.734. The number of amides is 1. The van der Waals surface area contributed by atoms with Gasteiger partial charge in [-0.3, -0.25) is 4.79 Å². The summed E-state index contributed by atoms with van der Waals surface area (Å²) in [4.78, 5) is 15.0. The van der Waals surface area contributed by atoms with Crippen molar-refractivity contribution < 1.29 is 4.79 Å². The van der Waals surface area contributed by atoms with Gasteiger partial charge in [0.15, 0.2) is 5.65 Å². The van der Waals surface area contributed by atoms with Crippen LogP contribution in [0.1, 0.15) is 10.4 Å². The number of nitrogens with zero attached hydrogens (tertiary/aromatic N) is 2. The number of carbonyl (C=O) groups is 1. The molecule has 0 fully saturated rings. The maximum Gasteiger partial charge on any atom is 0.251 e. The van der Waals surface area contributed by atoms with Crippen molar-refractivity contribution in [2.75, 3.05) is 0 Å². The molecule has 2 rings (SSSR count). The van der Waals surface area contributed by atoms with Gasteiger partial charge in [0, 0.05) is 13.2 Å². The second-order valence-electron chi connectivity index (χ2n) is 2.52. The van der Waals surface area contributed by atoms with E-state index < -0.39 is 5.91 Å². The second-order valence-corrected chi connectivity index (χ2v) is 3.38. The van der Waals surface area contributed by atoms with Crippen molar-refractivity contribution in [3.63, 3.8) is 0 Å². The molecule has 2 N–H and O–H groups in total. The molecule has 5 heteroatoms. The molecule has 12 heavy (non-hydrogen) atoms. The van der Waals surface area contributed by atoms with Gasteiger partial charge in [-0.25, -0.2) is 4.98 Å². The van der Waals surface area contributed by atoms with Gasteiger partial charge in [0.25, 0.3) is 5.91 Å². The van der Waals surface area contributed by atoms with Gasteiger partial charge in [0.2, 0.25) is 0 Å². The topological polar surface area (TPSA) is 60.9 Å². The zero-order valence-electron chi connectivity index (χ0n) is 6.44. The van der Waals surface area contributed by atoms with Crippen LogP contribution in [-0.4, -0.2) is 15.5 Å². The average Bonchev–Trinajstić information content (AvgIpc) is 2.53. The van der Waals surface area contributed by atoms with E-state index in [4.69, 9.17) is 5.73 Å². The first-order valence-electron chi connectivity index (χ1n) is 3.38. The van der Waals surface area contributed by atoms with E-state index in [2.05, 4.69) is 4.98 Å². The summed E-state index contributed by atoms with van der Waals surface area (Å²) >= 11 is 1.43. The van der Waals surface area contributed by atoms with Crippen molar-refractivity contribution in [3.8, 4) is 0 Å². The van der Waals surface area contributed by atoms with Crippen LogP contribution in [0.2, 0.25) is 0 Å². The summed E-state index contributed by atoms with van der Waals surface area (Å²) in [6, 6.07) is 0. The fourth-order valence-corrected chi connectivity index (χ4v) is 2.00. The third kappa shape index (κ3) is 0.831. The third-order valence-corrected chi connectivity index (χ3v) is 2.56. The van der Waals surface area contributed by atoms with Crippen LogP contribution in [0.3, 0.4) is 0 Å². The highest BCUT2D eigenvalue weighted by atomic mass is 32.1. The number of aryl methyl sites for hydroxylation is 1. The van der Waals surface area contributed by atoms with Gasteiger partial charge in [-0.1, -0.05) is 0 Å². The third-order valence-electron chi connectivity index (χ3n) is 1.72. The van der Waals surface area contributed by atoms with Crippen LogP contribution in [0, 0.1) is 0 Å². The van der Waals surface area contributed by atoms with Gasteiger partial charge in [-0.05, 0) is 0 Å². The minimum atomic E-state index is -0.398. The first kappa shape index (κ1) is 7.30. The summed E-state index contributed by atoms with van der Waals surface area (Å²) in [5.74, 6) is -0.398. The Kier molecular flexibility index (Phi) is 1.41. The lowest BCUT2D eigenvalue weighted by atomic mass is 10.3. The fourth-order valence-electron chi connectivity index (χ4n) is 1.16. The second kappa shape index (κ2) is 2.31. The van der Waals surface area contributed by atoms with Gasteiger partial charge in [0.1, 0.15) is 0 Å². The van der Waals surface area contributed by atoms with E-state index in [1.165, 1.54) is 11.3 Å². The van der Waals surface area contributed by atoms with Crippen LogP contribution in [0.4, 0.5) is 0 Å². The van der Waals surface area contributed by atoms with Gasteiger partial charge in [-0.15, -0.1) is 11.3 Å². The molecule has 0 unspecified atom stereocenters. The quantitative estimate of drug-likeness (QED) is 0.705. The number of rotatable bonds is 1. The Labute approximate surface area is 72.6 Å². The summed E-state index contributed by atoms with van der Waals surface area (Å²) in [6.45, 7) is 0. The lowest BCUT2D eigenvalue weighted by molar-refractivity contribution is 0.100. The molecule has 0 spiro atoms. The standard InChI is InChI=1S/C7H7N3OS/c1-10-2-4(6(8)11)5-7(10)9-3-12-5/h2-3H,1H3,(H2,8,11). The highest BCUT2D eigenvalue weighted by molar-refractivity contribution is 7.17. The molecule has 2 heterocycles. The monoisotopic (exact) mass is 181 g/mol. The summed E-state index contributed by atoms with van der Waals surface area (Å²) < 4.78 is 2.66. The van der Waals surface area contributed by atoms with Crippen molar-refractivity contribution in [1.29, 1.82) is 0 Å². The van der Waals surface area contributed by atoms with Crippen molar-refractivity contribution in [3.05, 3.63) is 17.3 Å². The van der Waals surface area contributed by atoms with Crippen LogP contribution in [0.5, 0.6) is 0 Å². The van der Waals surface area contributed by atoms with E-state index in [-0.39, 0.29) is 0 Å². The Bertz CT molecular complexity index is 442. The Morgan fingerprint density at radius 2 is 2.50 bits per heavy atom. The molecule has 2 aromatic rings. The summed E-state index contributed by atoms with van der Waals surface area (Å²) in [5.41, 5.74) is 8.25. The van der Waals surface area contributed by atoms with Crippen molar-refractivity contribution in [2.45, 2.75) is 0 Å². The normalized spacial score (nSPS) is 10.8. The van der Waals surface area contributed by atoms with E-state index in [0.29, 0.717) is 5.56 Å². The Balaban J connectivity index is 2.83. The maximum absolute atomic E-state index is 10.9. The minimum absolute atomic E-state index is 0.398. The molecular weight excluding hydrogens is 174 g/mol. The van der Waals surface area contributed by atoms with E-state index in [9.17, 15) is 4.79 Å². The van der Waals surface area contributed by atoms with Crippen LogP contribution in [0.25, 0.3) is 10.3 Å². The van der Waals surface area contributed by atoms with Crippen LogP contribution < -0.4 is 5.73 Å². The molecule has 0 atom stereocenters. The van der Waals surface area contributed by atoms with Crippen LogP contribution in [0.15, 0.2) is 11.7 Å². The summed E-state index contributed by atoms with van der Waals surface area (Å²) in [6.07, 6.45) is 1.70. The zero-order chi connectivity index (χ0) is 8.72. The lowest BCUT2D eigenvalue weighted by Crippen LogP contribution is -2.09. The summed E-state index contributed by atoms with van der Waals surface area (Å²) in [7, 11) is 1.84. The number of hydrogen-bond acceptors (Lipinski definition) is 3. The number of nitrogens with two attached hydrogens (primary N) is 1. The van der Waals surface area contributed by atoms with E-state index in [0.717, 1.165) is 10.3 Å². The Morgan fingerprint density at radius 3 is 3.17 bits per heavy atom. The molecule has 62 valence electrons. The first-order chi connectivity index (χ1) is 5.70. The SMILES string of the molecule is Cn1cc(C(N)=O)c2scnc21. The molecule has 1 amide bonds. The molecule has 0 aliphatic carbocycles. The number of aromatic nitrogens is 2. The van der Waals surface area contributed by atoms with Crippen molar-refractivity contribution in [1.82, 2.24) is 9.55 Å². The Hall–Kier alpha value is -1.36. The number of thiazole rings is 1. The predicted molar refractivity (Wildman–Crippen MR) is 47.1 cm³/mol. The number of carbonyl (C=O) groups excluding carboxylic acids is 1. The molecule has 0 aliphatic heterocycles.